The lowest BCUT2D eigenvalue weighted by molar-refractivity contribution is 0.0982. The number of carbonyl (C=O) groups excluding carboxylic acids is 2. The predicted octanol–water partition coefficient (Wildman–Crippen LogP) is 1.63. The number of aromatic amines is 1. The first-order valence-corrected chi connectivity index (χ1v) is 6.93. The molecule has 1 aromatic carbocycles. The molecule has 2 aromatic rings. The Morgan fingerprint density at radius 1 is 1.27 bits per heavy atom. The van der Waals surface area contributed by atoms with Crippen molar-refractivity contribution in [3.63, 3.8) is 0 Å². The number of carbonyl (C=O) groups is 2. The third kappa shape index (κ3) is 2.33. The van der Waals surface area contributed by atoms with Gasteiger partial charge in [0.15, 0.2) is 5.78 Å². The van der Waals surface area contributed by atoms with Crippen LogP contribution in [0.2, 0.25) is 0 Å². The standard InChI is InChI=1S/C16H15N3O3/c1-9-14-13(21)8-12(16(22)15(14)19-18-9)17-11-5-3-2-4-10(11)6-7-20/h2-5,8,17,20H,6-7H2,1H3,(H,18,19). The molecule has 112 valence electrons. The maximum absolute atomic E-state index is 12.4. The lowest BCUT2D eigenvalue weighted by Gasteiger charge is -2.16. The summed E-state index contributed by atoms with van der Waals surface area (Å²) in [6.45, 7) is 1.72. The number of nitrogens with zero attached hydrogens (tertiary/aromatic N) is 1. The Morgan fingerprint density at radius 2 is 2.05 bits per heavy atom. The summed E-state index contributed by atoms with van der Waals surface area (Å²) in [7, 11) is 0. The van der Waals surface area contributed by atoms with Crippen molar-refractivity contribution in [3.05, 3.63) is 58.6 Å². The zero-order valence-electron chi connectivity index (χ0n) is 12.0. The fraction of sp³-hybridized carbons (Fsp3) is 0.188. The number of aryl methyl sites for hydroxylation is 1. The quantitative estimate of drug-likeness (QED) is 0.797. The van der Waals surface area contributed by atoms with Crippen molar-refractivity contribution in [1.82, 2.24) is 10.2 Å². The van der Waals surface area contributed by atoms with E-state index >= 15 is 0 Å². The van der Waals surface area contributed by atoms with E-state index in [1.165, 1.54) is 6.08 Å². The van der Waals surface area contributed by atoms with Crippen molar-refractivity contribution in [1.29, 1.82) is 0 Å². The van der Waals surface area contributed by atoms with Gasteiger partial charge in [-0.1, -0.05) is 18.2 Å². The van der Waals surface area contributed by atoms with Crippen LogP contribution in [-0.2, 0) is 6.42 Å². The van der Waals surface area contributed by atoms with E-state index < -0.39 is 0 Å². The average molecular weight is 297 g/mol. The molecule has 6 heteroatoms. The van der Waals surface area contributed by atoms with Crippen LogP contribution in [-0.4, -0.2) is 33.5 Å². The van der Waals surface area contributed by atoms with Crippen molar-refractivity contribution in [2.45, 2.75) is 13.3 Å². The number of Topliss-reactive ketones (excluding diaryl/α,β-unsaturated/α-hetero) is 1. The number of ketones is 2. The van der Waals surface area contributed by atoms with Gasteiger partial charge in [-0.25, -0.2) is 0 Å². The van der Waals surface area contributed by atoms with Gasteiger partial charge in [-0.05, 0) is 25.0 Å². The van der Waals surface area contributed by atoms with Crippen LogP contribution in [0.3, 0.4) is 0 Å². The lowest BCUT2D eigenvalue weighted by atomic mass is 9.97. The summed E-state index contributed by atoms with van der Waals surface area (Å²) in [5.74, 6) is -0.569. The largest absolute Gasteiger partial charge is 0.396 e. The molecule has 0 spiro atoms. The minimum atomic E-state index is -0.322. The van der Waals surface area contributed by atoms with Gasteiger partial charge in [-0.2, -0.15) is 5.10 Å². The molecule has 0 aliphatic heterocycles. The van der Waals surface area contributed by atoms with Crippen LogP contribution < -0.4 is 5.32 Å². The summed E-state index contributed by atoms with van der Waals surface area (Å²) in [5, 5.41) is 18.7. The monoisotopic (exact) mass is 297 g/mol. The van der Waals surface area contributed by atoms with Crippen molar-refractivity contribution in [2.24, 2.45) is 0 Å². The summed E-state index contributed by atoms with van der Waals surface area (Å²) in [4.78, 5) is 24.6. The van der Waals surface area contributed by atoms with Crippen LogP contribution in [0.25, 0.3) is 0 Å². The minimum absolute atomic E-state index is 0.00727. The molecular weight excluding hydrogens is 282 g/mol. The van der Waals surface area contributed by atoms with Crippen LogP contribution in [0.15, 0.2) is 36.0 Å². The summed E-state index contributed by atoms with van der Waals surface area (Å²) in [5.41, 5.74) is 2.82. The predicted molar refractivity (Wildman–Crippen MR) is 80.9 cm³/mol. The Morgan fingerprint density at radius 3 is 2.82 bits per heavy atom. The molecule has 22 heavy (non-hydrogen) atoms. The second-order valence-corrected chi connectivity index (χ2v) is 5.08. The van der Waals surface area contributed by atoms with Gasteiger partial charge in [0.05, 0.1) is 11.3 Å². The first-order chi connectivity index (χ1) is 10.6. The molecule has 0 bridgehead atoms. The van der Waals surface area contributed by atoms with Gasteiger partial charge in [0.25, 0.3) is 0 Å². The zero-order chi connectivity index (χ0) is 15.7. The van der Waals surface area contributed by atoms with E-state index in [-0.39, 0.29) is 29.6 Å². The van der Waals surface area contributed by atoms with Crippen LogP contribution in [0, 0.1) is 6.92 Å². The fourth-order valence-electron chi connectivity index (χ4n) is 2.51. The number of aromatic nitrogens is 2. The molecule has 0 fully saturated rings. The Hall–Kier alpha value is -2.73. The number of benzene rings is 1. The van der Waals surface area contributed by atoms with Gasteiger partial charge < -0.3 is 10.4 Å². The molecule has 1 aliphatic rings. The Balaban J connectivity index is 1.94. The number of hydrogen-bond donors (Lipinski definition) is 3. The van der Waals surface area contributed by atoms with Crippen LogP contribution in [0.5, 0.6) is 0 Å². The van der Waals surface area contributed by atoms with Gasteiger partial charge in [-0.15, -0.1) is 0 Å². The number of para-hydroxylation sites is 1. The topological polar surface area (TPSA) is 95.1 Å². The number of H-pyrrole nitrogens is 1. The van der Waals surface area contributed by atoms with E-state index in [0.717, 1.165) is 5.56 Å². The number of rotatable bonds is 4. The van der Waals surface area contributed by atoms with Crippen LogP contribution in [0.1, 0.15) is 32.1 Å². The van der Waals surface area contributed by atoms with Crippen molar-refractivity contribution < 1.29 is 14.7 Å². The van der Waals surface area contributed by atoms with Gasteiger partial charge in [0, 0.05) is 24.1 Å². The van der Waals surface area contributed by atoms with Crippen molar-refractivity contribution >= 4 is 17.3 Å². The number of aliphatic hydroxyl groups is 1. The first-order valence-electron chi connectivity index (χ1n) is 6.93. The SMILES string of the molecule is Cc1[nH]nc2c1C(=O)C=C(Nc1ccccc1CCO)C2=O. The van der Waals surface area contributed by atoms with E-state index in [1.54, 1.807) is 13.0 Å². The number of aliphatic hydroxyl groups excluding tert-OH is 1. The summed E-state index contributed by atoms with van der Waals surface area (Å²) in [6.07, 6.45) is 1.76. The Kier molecular flexibility index (Phi) is 3.60. The molecule has 1 heterocycles. The molecule has 0 atom stereocenters. The molecule has 6 nitrogen and oxygen atoms in total. The Bertz CT molecular complexity index is 790. The van der Waals surface area contributed by atoms with Crippen LogP contribution in [0.4, 0.5) is 5.69 Å². The Labute approximate surface area is 126 Å². The average Bonchev–Trinajstić information content (AvgIpc) is 2.89. The fourth-order valence-corrected chi connectivity index (χ4v) is 2.51. The second-order valence-electron chi connectivity index (χ2n) is 5.08. The molecular formula is C16H15N3O3. The van der Waals surface area contributed by atoms with Gasteiger partial charge in [0.2, 0.25) is 5.78 Å². The highest BCUT2D eigenvalue weighted by molar-refractivity contribution is 6.25. The molecule has 3 N–H and O–H groups in total. The van der Waals surface area contributed by atoms with E-state index in [2.05, 4.69) is 15.5 Å². The smallest absolute Gasteiger partial charge is 0.230 e. The molecule has 3 rings (SSSR count). The third-order valence-electron chi connectivity index (χ3n) is 3.60. The maximum atomic E-state index is 12.4. The van der Waals surface area contributed by atoms with E-state index in [4.69, 9.17) is 5.11 Å². The number of allylic oxidation sites excluding steroid dienone is 2. The number of anilines is 1. The van der Waals surface area contributed by atoms with E-state index in [0.29, 0.717) is 23.4 Å². The van der Waals surface area contributed by atoms with Gasteiger partial charge >= 0.3 is 0 Å². The maximum Gasteiger partial charge on any atom is 0.230 e. The third-order valence-corrected chi connectivity index (χ3v) is 3.60. The molecule has 1 aromatic heterocycles. The second kappa shape index (κ2) is 5.57. The zero-order valence-corrected chi connectivity index (χ0v) is 12.0. The lowest BCUT2D eigenvalue weighted by Crippen LogP contribution is -2.22. The summed E-state index contributed by atoms with van der Waals surface area (Å²) < 4.78 is 0. The minimum Gasteiger partial charge on any atom is -0.396 e. The number of fused-ring (bicyclic) bond motifs is 1. The molecule has 0 saturated heterocycles. The molecule has 1 aliphatic carbocycles. The van der Waals surface area contributed by atoms with Crippen molar-refractivity contribution in [2.75, 3.05) is 11.9 Å². The normalized spacial score (nSPS) is 13.8. The van der Waals surface area contributed by atoms with Gasteiger partial charge in [0.1, 0.15) is 5.69 Å². The van der Waals surface area contributed by atoms with E-state index in [1.807, 2.05) is 18.2 Å². The molecule has 0 saturated carbocycles. The van der Waals surface area contributed by atoms with Crippen LogP contribution >= 0.6 is 0 Å². The number of hydrogen-bond acceptors (Lipinski definition) is 5. The molecule has 0 unspecified atom stereocenters. The highest BCUT2D eigenvalue weighted by Gasteiger charge is 2.30. The first kappa shape index (κ1) is 14.2. The molecule has 0 amide bonds. The van der Waals surface area contributed by atoms with E-state index in [9.17, 15) is 9.59 Å². The van der Waals surface area contributed by atoms with Gasteiger partial charge in [-0.3, -0.25) is 14.7 Å². The highest BCUT2D eigenvalue weighted by atomic mass is 16.3. The number of nitrogens with one attached hydrogen (secondary N) is 2. The molecule has 0 radical (unpaired) electrons. The summed E-state index contributed by atoms with van der Waals surface area (Å²) in [6, 6.07) is 7.34. The highest BCUT2D eigenvalue weighted by Crippen LogP contribution is 2.25. The summed E-state index contributed by atoms with van der Waals surface area (Å²) >= 11 is 0. The van der Waals surface area contributed by atoms with Crippen molar-refractivity contribution in [3.8, 4) is 0 Å².